The van der Waals surface area contributed by atoms with Crippen molar-refractivity contribution in [1.29, 1.82) is 0 Å². The summed E-state index contributed by atoms with van der Waals surface area (Å²) in [7, 11) is 0. The second-order valence-corrected chi connectivity index (χ2v) is 10.00. The molecule has 2 unspecified atom stereocenters. The van der Waals surface area contributed by atoms with Gasteiger partial charge in [0.05, 0.1) is 17.2 Å². The maximum Gasteiger partial charge on any atom is 3.00 e. The number of nitrogens with zero attached hydrogens (tertiary/aromatic N) is 8. The van der Waals surface area contributed by atoms with Crippen LogP contribution in [0, 0.1) is 0 Å². The first-order valence-corrected chi connectivity index (χ1v) is 13.1. The largest absolute Gasteiger partial charge is 3.00 e. The quantitative estimate of drug-likeness (QED) is 0.246. The van der Waals surface area contributed by atoms with E-state index in [9.17, 15) is 0 Å². The number of fused-ring (bicyclic) bond motifs is 18. The van der Waals surface area contributed by atoms with Gasteiger partial charge in [-0.15, -0.1) is 0 Å². The van der Waals surface area contributed by atoms with Crippen molar-refractivity contribution < 1.29 is 4.70 Å². The average molecular weight is 561 g/mol. The van der Waals surface area contributed by atoms with Gasteiger partial charge in [0.25, 0.3) is 0 Å². The van der Waals surface area contributed by atoms with Crippen molar-refractivity contribution in [2.75, 3.05) is 0 Å². The Labute approximate surface area is 249 Å². The van der Waals surface area contributed by atoms with Crippen molar-refractivity contribution in [3.63, 3.8) is 0 Å². The molecule has 3 aliphatic heterocycles. The minimum atomic E-state index is -0.113. The zero-order chi connectivity index (χ0) is 26.2. The first kappa shape index (κ1) is 25.9. The molecule has 8 bridgehead atoms. The Morgan fingerprint density at radius 3 is 1.98 bits per heavy atom. The molecule has 42 heavy (non-hydrogen) atoms. The molecule has 4 aromatic rings. The fourth-order valence-corrected chi connectivity index (χ4v) is 5.76. The van der Waals surface area contributed by atoms with E-state index in [0.717, 1.165) is 33.0 Å². The average Bonchev–Trinajstić information content (AvgIpc) is 3.73. The van der Waals surface area contributed by atoms with Crippen LogP contribution >= 0.6 is 0 Å². The van der Waals surface area contributed by atoms with Crippen LogP contribution in [0.5, 0.6) is 0 Å². The summed E-state index contributed by atoms with van der Waals surface area (Å²) in [6, 6.07) is 16.0. The molecule has 0 fully saturated rings. The van der Waals surface area contributed by atoms with Crippen LogP contribution in [-0.2, 0) is 0 Å². The molecular formula is C32H18AlFN8. The third kappa shape index (κ3) is 3.80. The van der Waals surface area contributed by atoms with Crippen molar-refractivity contribution in [1.82, 2.24) is 39.9 Å². The maximum atomic E-state index is 5.01. The number of hydrogen-bond donors (Lipinski definition) is 0. The molecular weight excluding hydrogens is 542 g/mol. The van der Waals surface area contributed by atoms with E-state index in [1.807, 2.05) is 85.0 Å². The third-order valence-electron chi connectivity index (χ3n) is 7.67. The fourth-order valence-electron chi connectivity index (χ4n) is 5.76. The van der Waals surface area contributed by atoms with E-state index in [1.54, 1.807) is 0 Å². The van der Waals surface area contributed by atoms with Crippen molar-refractivity contribution in [2.24, 2.45) is 0 Å². The summed E-state index contributed by atoms with van der Waals surface area (Å²) in [5, 5.41) is 1.81. The zero-order valence-electron chi connectivity index (χ0n) is 21.9. The molecule has 2 aliphatic carbocycles. The predicted molar refractivity (Wildman–Crippen MR) is 157 cm³/mol. The van der Waals surface area contributed by atoms with Gasteiger partial charge in [0.2, 0.25) is 0 Å². The van der Waals surface area contributed by atoms with Crippen LogP contribution in [0.4, 0.5) is 0 Å². The number of allylic oxidation sites excluding steroid dienone is 8. The van der Waals surface area contributed by atoms with E-state index in [2.05, 4.69) is 12.2 Å². The van der Waals surface area contributed by atoms with Crippen molar-refractivity contribution in [3.8, 4) is 22.8 Å². The normalized spacial score (nSPS) is 18.1. The van der Waals surface area contributed by atoms with Crippen LogP contribution in [0.15, 0.2) is 97.1 Å². The van der Waals surface area contributed by atoms with E-state index in [-0.39, 0.29) is 33.9 Å². The van der Waals surface area contributed by atoms with E-state index in [4.69, 9.17) is 39.9 Å². The summed E-state index contributed by atoms with van der Waals surface area (Å²) in [6.07, 6.45) is 16.3. The molecule has 0 saturated carbocycles. The van der Waals surface area contributed by atoms with Crippen molar-refractivity contribution in [3.05, 3.63) is 120 Å². The van der Waals surface area contributed by atoms with Gasteiger partial charge in [0.15, 0.2) is 5.82 Å². The first-order valence-electron chi connectivity index (χ1n) is 13.1. The van der Waals surface area contributed by atoms with E-state index < -0.39 is 0 Å². The molecule has 0 spiro atoms. The number of rotatable bonds is 0. The topological polar surface area (TPSA) is 106 Å². The molecule has 9 rings (SSSR count). The minimum Gasteiger partial charge on any atom is -1.00 e. The fraction of sp³-hybridized carbons (Fsp3) is 0.0625. The Hall–Kier alpha value is -5.04. The van der Waals surface area contributed by atoms with Gasteiger partial charge in [-0.25, -0.2) is 15.0 Å². The number of aromatic nitrogens is 8. The third-order valence-corrected chi connectivity index (χ3v) is 7.67. The molecule has 0 amide bonds. The Kier molecular flexibility index (Phi) is 6.05. The molecule has 10 heteroatoms. The maximum absolute atomic E-state index is 5.01. The van der Waals surface area contributed by atoms with Gasteiger partial charge in [0, 0.05) is 39.6 Å². The number of benzene rings is 2. The molecule has 0 saturated heterocycles. The molecule has 0 N–H and O–H groups in total. The molecule has 2 aromatic heterocycles. The summed E-state index contributed by atoms with van der Waals surface area (Å²) in [5.74, 6) is 2.21. The Bertz CT molecular complexity index is 2260. The Morgan fingerprint density at radius 2 is 1.21 bits per heavy atom. The summed E-state index contributed by atoms with van der Waals surface area (Å²) in [4.78, 5) is 39.5. The smallest absolute Gasteiger partial charge is 1.00 e. The van der Waals surface area contributed by atoms with Crippen molar-refractivity contribution in [2.45, 2.75) is 11.8 Å². The zero-order valence-corrected chi connectivity index (χ0v) is 23.1. The van der Waals surface area contributed by atoms with E-state index in [1.165, 1.54) is 0 Å². The Morgan fingerprint density at radius 1 is 0.571 bits per heavy atom. The standard InChI is InChI=1S/C32H18N8.Al.FH/c1-2-10-18-17(9-1)25-33-26(18)38-28-21-13-5-6-14-22(21)30(35-28)40-32-24-16-8-7-15-23(24)31(36-32)39-29-20-12-4-3-11-19(20)27(34-29)37-25;;/h1-17,20H;;1H/q-2;+3;/p-1. The van der Waals surface area contributed by atoms with Gasteiger partial charge in [-0.2, -0.15) is 0 Å². The monoisotopic (exact) mass is 560 g/mol. The molecule has 5 aliphatic rings. The summed E-state index contributed by atoms with van der Waals surface area (Å²) >= 11 is 0. The van der Waals surface area contributed by atoms with Gasteiger partial charge in [-0.05, 0) is 21.9 Å². The van der Waals surface area contributed by atoms with Gasteiger partial charge in [-0.1, -0.05) is 97.1 Å². The molecule has 2 atom stereocenters. The van der Waals surface area contributed by atoms with Crippen LogP contribution < -0.4 is 25.6 Å². The molecule has 2 aromatic carbocycles. The van der Waals surface area contributed by atoms with Gasteiger partial charge in [-0.3, -0.25) is 0 Å². The molecule has 0 radical (unpaired) electrons. The minimum absolute atomic E-state index is 0. The summed E-state index contributed by atoms with van der Waals surface area (Å²) < 4.78 is 0. The van der Waals surface area contributed by atoms with Crippen LogP contribution in [0.25, 0.3) is 56.0 Å². The van der Waals surface area contributed by atoms with Gasteiger partial charge in [0.1, 0.15) is 5.82 Å². The van der Waals surface area contributed by atoms with Crippen LogP contribution in [-0.4, -0.2) is 47.3 Å². The molecule has 8 nitrogen and oxygen atoms in total. The van der Waals surface area contributed by atoms with E-state index >= 15 is 0 Å². The van der Waals surface area contributed by atoms with Gasteiger partial charge >= 0.3 is 17.4 Å². The van der Waals surface area contributed by atoms with Crippen LogP contribution in [0.3, 0.4) is 0 Å². The second kappa shape index (κ2) is 9.80. The van der Waals surface area contributed by atoms with Crippen molar-refractivity contribution >= 4 is 50.6 Å². The molecule has 196 valence electrons. The number of halogens is 1. The second-order valence-electron chi connectivity index (χ2n) is 10.00. The van der Waals surface area contributed by atoms with Gasteiger partial charge < -0.3 is 29.6 Å². The predicted octanol–water partition coefficient (Wildman–Crippen LogP) is 0.107. The van der Waals surface area contributed by atoms with E-state index in [0.29, 0.717) is 45.6 Å². The number of hydrogen-bond acceptors (Lipinski definition) is 6. The summed E-state index contributed by atoms with van der Waals surface area (Å²) in [6.45, 7) is 0. The Balaban J connectivity index is 0.00000144. The van der Waals surface area contributed by atoms with Crippen LogP contribution in [0.1, 0.15) is 23.5 Å². The molecule has 5 heterocycles. The SMILES string of the molecule is C1=CC2=c3nc(nc4nc(nc5[n-]c(nc6[n-]c(n3)C3C=CC=CC=63)c3ccccc53)-c3ccccc3-4)C2C=C1.[Al+3].[F-]. The summed E-state index contributed by atoms with van der Waals surface area (Å²) in [5.41, 5.74) is 6.13. The van der Waals surface area contributed by atoms with Crippen LogP contribution in [0.2, 0.25) is 0 Å². The first-order chi connectivity index (χ1) is 19.8.